The van der Waals surface area contributed by atoms with Crippen molar-refractivity contribution in [2.75, 3.05) is 100 Å². The molecular formula is C47H81N13O2S3+4. The average molecular weight is 956 g/mol. The zero-order valence-electron chi connectivity index (χ0n) is 38.9. The van der Waals surface area contributed by atoms with Crippen molar-refractivity contribution in [1.29, 1.82) is 0 Å². The molecule has 15 nitrogen and oxygen atoms in total. The van der Waals surface area contributed by atoms with E-state index in [0.717, 1.165) is 149 Å². The first-order valence-corrected chi connectivity index (χ1v) is 29.6. The Balaban J connectivity index is 0.558. The number of hydrogen-bond acceptors (Lipinski definition) is 13. The Bertz CT molecular complexity index is 1840. The van der Waals surface area contributed by atoms with E-state index in [4.69, 9.17) is 0 Å². The van der Waals surface area contributed by atoms with Gasteiger partial charge in [-0.25, -0.2) is 0 Å². The first-order valence-electron chi connectivity index (χ1n) is 26.1. The van der Waals surface area contributed by atoms with E-state index in [0.29, 0.717) is 48.2 Å². The number of nitrogens with one attached hydrogen (secondary N) is 9. The number of aliphatic hydroxyl groups is 1. The second-order valence-corrected chi connectivity index (χ2v) is 25.3. The third kappa shape index (κ3) is 10.6. The van der Waals surface area contributed by atoms with Crippen LogP contribution in [-0.2, 0) is 4.79 Å². The number of amides is 1. The van der Waals surface area contributed by atoms with E-state index in [1.165, 1.54) is 75.7 Å². The van der Waals surface area contributed by atoms with Gasteiger partial charge in [-0.2, -0.15) is 35.3 Å². The zero-order chi connectivity index (χ0) is 43.7. The minimum atomic E-state index is -0.0586. The number of carbonyl (C=O) groups is 1. The quantitative estimate of drug-likeness (QED) is 0.0937. The smallest absolute Gasteiger partial charge is 0.346 e. The lowest BCUT2D eigenvalue weighted by Gasteiger charge is -2.55. The highest BCUT2D eigenvalue weighted by Crippen LogP contribution is 2.60. The van der Waals surface area contributed by atoms with Crippen LogP contribution in [0, 0.1) is 23.2 Å². The topological polar surface area (TPSA) is 158 Å². The zero-order valence-corrected chi connectivity index (χ0v) is 41.4. The van der Waals surface area contributed by atoms with Gasteiger partial charge in [0, 0.05) is 91.3 Å². The molecule has 4 fully saturated rings. The van der Waals surface area contributed by atoms with Gasteiger partial charge in [-0.3, -0.25) is 65.6 Å². The van der Waals surface area contributed by atoms with Crippen LogP contribution in [-0.4, -0.2) is 202 Å². The highest BCUT2D eigenvalue weighted by atomic mass is 32.2. The van der Waals surface area contributed by atoms with Crippen molar-refractivity contribution in [3.05, 3.63) is 0 Å². The van der Waals surface area contributed by atoms with Crippen LogP contribution < -0.4 is 47.9 Å². The van der Waals surface area contributed by atoms with Gasteiger partial charge in [0.05, 0.1) is 108 Å². The Kier molecular flexibility index (Phi) is 14.0. The van der Waals surface area contributed by atoms with Gasteiger partial charge in [-0.05, 0) is 56.3 Å². The van der Waals surface area contributed by atoms with Crippen LogP contribution in [0.2, 0.25) is 0 Å². The van der Waals surface area contributed by atoms with Gasteiger partial charge in [-0.15, -0.1) is 0 Å². The van der Waals surface area contributed by atoms with Crippen molar-refractivity contribution < 1.29 is 28.2 Å². The number of guanidine groups is 4. The molecule has 0 spiro atoms. The highest BCUT2D eigenvalue weighted by Gasteiger charge is 2.54. The molecule has 4 saturated carbocycles. The minimum Gasteiger partial charge on any atom is -0.393 e. The summed E-state index contributed by atoms with van der Waals surface area (Å²) in [6, 6.07) is 3.50. The molecule has 12 rings (SSSR count). The lowest BCUT2D eigenvalue weighted by molar-refractivity contribution is -0.542. The molecular weight excluding hydrogens is 875 g/mol. The maximum absolute atomic E-state index is 13.6. The number of aliphatic hydroxyl groups excluding tert-OH is 1. The summed E-state index contributed by atoms with van der Waals surface area (Å²) in [6.45, 7) is 9.85. The van der Waals surface area contributed by atoms with Crippen LogP contribution in [0.25, 0.3) is 0 Å². The van der Waals surface area contributed by atoms with Gasteiger partial charge >= 0.3 is 23.8 Å². The van der Waals surface area contributed by atoms with Gasteiger partial charge in [0.25, 0.3) is 0 Å². The first kappa shape index (κ1) is 45.0. The normalized spacial score (nSPS) is 38.3. The molecule has 360 valence electrons. The molecule has 10 N–H and O–H groups in total. The Hall–Kier alpha value is -2.44. The lowest BCUT2D eigenvalue weighted by Crippen LogP contribution is -2.62. The highest BCUT2D eigenvalue weighted by molar-refractivity contribution is 7.99. The van der Waals surface area contributed by atoms with E-state index in [1.54, 1.807) is 0 Å². The fourth-order valence-corrected chi connectivity index (χ4v) is 17.4. The Morgan fingerprint density at radius 2 is 0.738 bits per heavy atom. The Morgan fingerprint density at radius 3 is 1.06 bits per heavy atom. The molecule has 1 amide bonds. The van der Waals surface area contributed by atoms with E-state index < -0.39 is 0 Å². The van der Waals surface area contributed by atoms with Crippen molar-refractivity contribution in [1.82, 2.24) is 47.9 Å². The molecule has 0 saturated heterocycles. The molecule has 0 aromatic rings. The van der Waals surface area contributed by atoms with E-state index in [2.05, 4.69) is 101 Å². The summed E-state index contributed by atoms with van der Waals surface area (Å²) in [4.78, 5) is 13.6. The number of hydrogen-bond donors (Lipinski definition) is 10. The molecule has 8 atom stereocenters. The lowest BCUT2D eigenvalue weighted by atomic mass is 9.49. The predicted molar refractivity (Wildman–Crippen MR) is 265 cm³/mol. The van der Waals surface area contributed by atoms with Crippen LogP contribution in [0.1, 0.15) is 89.9 Å². The summed E-state index contributed by atoms with van der Waals surface area (Å²) in [5.74, 6) is 14.5. The maximum atomic E-state index is 13.6. The minimum absolute atomic E-state index is 0.0586. The molecule has 12 aliphatic rings. The van der Waals surface area contributed by atoms with Crippen LogP contribution in [0.5, 0.6) is 0 Å². The fourth-order valence-electron chi connectivity index (χ4n) is 13.7. The van der Waals surface area contributed by atoms with Gasteiger partial charge in [0.15, 0.2) is 0 Å². The summed E-state index contributed by atoms with van der Waals surface area (Å²) >= 11 is 6.30. The van der Waals surface area contributed by atoms with Crippen molar-refractivity contribution in [2.45, 2.75) is 138 Å². The summed E-state index contributed by atoms with van der Waals surface area (Å²) < 4.78 is 9.98. The van der Waals surface area contributed by atoms with Crippen molar-refractivity contribution in [3.63, 3.8) is 0 Å². The van der Waals surface area contributed by atoms with E-state index >= 15 is 0 Å². The third-order valence-electron chi connectivity index (χ3n) is 17.1. The number of thioether (sulfide) groups is 3. The summed E-state index contributed by atoms with van der Waals surface area (Å²) in [5.41, 5.74) is -0.0586. The summed E-state index contributed by atoms with van der Waals surface area (Å²) in [6.07, 6.45) is 16.9. The molecule has 0 unspecified atom stereocenters. The number of nitrogens with zero attached hydrogens (tertiary/aromatic N) is 4. The molecule has 0 aromatic heterocycles. The number of carbonyl (C=O) groups excluding carboxylic acids is 1. The number of rotatable bonds is 16. The fraction of sp³-hybridized carbons (Fsp3) is 0.894. The van der Waals surface area contributed by atoms with E-state index in [-0.39, 0.29) is 18.1 Å². The molecule has 4 bridgehead atoms. The molecule has 0 aromatic carbocycles. The van der Waals surface area contributed by atoms with Crippen molar-refractivity contribution in [3.8, 4) is 0 Å². The monoisotopic (exact) mass is 956 g/mol. The maximum Gasteiger partial charge on any atom is 0.346 e. The average Bonchev–Trinajstić information content (AvgIpc) is 3.32. The molecule has 8 aliphatic heterocycles. The molecule has 0 radical (unpaired) electrons. The Labute approximate surface area is 400 Å². The second-order valence-electron chi connectivity index (χ2n) is 22.1. The second kappa shape index (κ2) is 20.3. The first-order chi connectivity index (χ1) is 31.9. The van der Waals surface area contributed by atoms with Gasteiger partial charge in [-0.1, -0.05) is 0 Å². The third-order valence-corrected chi connectivity index (χ3v) is 21.0. The van der Waals surface area contributed by atoms with Crippen LogP contribution in [0.15, 0.2) is 0 Å². The van der Waals surface area contributed by atoms with Crippen molar-refractivity contribution >= 4 is 65.0 Å². The molecule has 65 heavy (non-hydrogen) atoms. The van der Waals surface area contributed by atoms with Crippen molar-refractivity contribution in [2.24, 2.45) is 23.2 Å². The largest absolute Gasteiger partial charge is 0.393 e. The Morgan fingerprint density at radius 1 is 0.462 bits per heavy atom. The van der Waals surface area contributed by atoms with E-state index in [9.17, 15) is 9.90 Å². The summed E-state index contributed by atoms with van der Waals surface area (Å²) in [5, 5.41) is 43.7. The standard InChI is InChI=1S/C47H77N13O2S3/c61-24-35-2-10-58-12-4-37(52-44(58)50-35)26-64-28-39-6-14-60-16-8-41(56-46(60)54-39)30-65-29-40-7-15-59-13-5-38(53-45(59)55-40)27-63-25-36-3-11-57-9-1-34(49-43(57)51-36)23-48-42(62)47-20-31-17-32(21-47)19-33(18-31)22-47/h31-41,61H,1-30H2,(H5,48,49,50,51,52,53,54,55,56,62)/p+4/t31?,32?,33?,34-,35-,36-,37-,38-,39-,40-,41-,47?/m1/s1. The van der Waals surface area contributed by atoms with Crippen LogP contribution in [0.3, 0.4) is 0 Å². The molecule has 8 heterocycles. The molecule has 18 heteroatoms. The van der Waals surface area contributed by atoms with Gasteiger partial charge in [0.2, 0.25) is 5.91 Å². The van der Waals surface area contributed by atoms with Crippen LogP contribution in [0.4, 0.5) is 0 Å². The van der Waals surface area contributed by atoms with Crippen LogP contribution >= 0.6 is 35.3 Å². The van der Waals surface area contributed by atoms with Gasteiger partial charge in [0.1, 0.15) is 6.04 Å². The molecule has 4 aliphatic carbocycles. The SMILES string of the molecule is O=C(NC[C@H]1CC[N+]2=C(N1)N[C@@H](CSC[C@H]1CC[N+]3=C(N1)N[C@@H](CSC[C@H]1CC[N+]4=C(N1)N[C@@H](CSC[C@H]1CC[N+]5=C(N1)N[C@@H](CO)CC5)CC4)CC3)CC2)C12CC3CC(CC(C3)C1)C2. The van der Waals surface area contributed by atoms with E-state index in [1.807, 2.05) is 0 Å². The predicted octanol–water partition coefficient (Wildman–Crippen LogP) is -0.120. The summed E-state index contributed by atoms with van der Waals surface area (Å²) in [7, 11) is 0. The van der Waals surface area contributed by atoms with Gasteiger partial charge < -0.3 is 10.4 Å².